The van der Waals surface area contributed by atoms with Gasteiger partial charge in [-0.2, -0.15) is 21.4 Å². The Balaban J connectivity index is 1.67. The Bertz CT molecular complexity index is 1790. The molecule has 14 nitrogen and oxygen atoms in total. The van der Waals surface area contributed by atoms with Gasteiger partial charge in [0.05, 0.1) is 34.4 Å². The molecule has 0 saturated carbocycles. The SMILES string of the molecule is O=C(O)c1ccc2c(c1)N(CCCS(=O)(=O)O)C(=CC=Cc1oc3ccc(C(=O)O)cc3[n+]1CCCS(=O)(=O)O)O2. The van der Waals surface area contributed by atoms with Crippen LogP contribution >= 0.6 is 0 Å². The number of rotatable bonds is 12. The highest BCUT2D eigenvalue weighted by molar-refractivity contribution is 7.86. The van der Waals surface area contributed by atoms with Crippen molar-refractivity contribution in [2.24, 2.45) is 0 Å². The highest BCUT2D eigenvalue weighted by atomic mass is 32.2. The second kappa shape index (κ2) is 11.7. The van der Waals surface area contributed by atoms with Crippen molar-refractivity contribution in [2.45, 2.75) is 19.4 Å². The number of aromatic carboxylic acids is 2. The first-order valence-corrected chi connectivity index (χ1v) is 15.2. The Morgan fingerprint density at radius 3 is 2.20 bits per heavy atom. The number of nitrogens with zero attached hydrogens (tertiary/aromatic N) is 2. The van der Waals surface area contributed by atoms with Crippen LogP contribution in [0.25, 0.3) is 17.2 Å². The highest BCUT2D eigenvalue weighted by Crippen LogP contribution is 2.39. The van der Waals surface area contributed by atoms with E-state index in [4.69, 9.17) is 18.3 Å². The van der Waals surface area contributed by atoms with Crippen LogP contribution in [0.3, 0.4) is 0 Å². The van der Waals surface area contributed by atoms with E-state index in [9.17, 15) is 36.6 Å². The number of allylic oxidation sites excluding steroid dienone is 2. The average molecular weight is 610 g/mol. The summed E-state index contributed by atoms with van der Waals surface area (Å²) in [6.07, 6.45) is 4.54. The van der Waals surface area contributed by atoms with Gasteiger partial charge in [-0.15, -0.1) is 0 Å². The minimum Gasteiger partial charge on any atom is -0.478 e. The molecule has 0 aliphatic carbocycles. The smallest absolute Gasteiger partial charge is 0.374 e. The third-order valence-corrected chi connectivity index (χ3v) is 7.61. The number of carbonyl (C=O) groups is 2. The topological polar surface area (TPSA) is 213 Å². The summed E-state index contributed by atoms with van der Waals surface area (Å²) in [5, 5.41) is 18.7. The van der Waals surface area contributed by atoms with Crippen LogP contribution in [-0.2, 0) is 26.8 Å². The van der Waals surface area contributed by atoms with Crippen LogP contribution in [0.5, 0.6) is 5.75 Å². The van der Waals surface area contributed by atoms with E-state index in [2.05, 4.69) is 0 Å². The lowest BCUT2D eigenvalue weighted by molar-refractivity contribution is -0.677. The normalized spacial score (nSPS) is 14.6. The van der Waals surface area contributed by atoms with Crippen LogP contribution in [0.2, 0.25) is 0 Å². The van der Waals surface area contributed by atoms with Crippen LogP contribution in [0.15, 0.2) is 58.9 Å². The van der Waals surface area contributed by atoms with Crippen molar-refractivity contribution < 1.29 is 59.5 Å². The third-order valence-electron chi connectivity index (χ3n) is 6.00. The minimum atomic E-state index is -4.23. The van der Waals surface area contributed by atoms with Crippen LogP contribution < -0.4 is 14.2 Å². The molecule has 4 N–H and O–H groups in total. The predicted octanol–water partition coefficient (Wildman–Crippen LogP) is 2.43. The van der Waals surface area contributed by atoms with Crippen molar-refractivity contribution in [1.82, 2.24) is 0 Å². The lowest BCUT2D eigenvalue weighted by atomic mass is 10.2. The lowest BCUT2D eigenvalue weighted by Gasteiger charge is -2.17. The van der Waals surface area contributed by atoms with Gasteiger partial charge in [0.25, 0.3) is 25.8 Å². The molecular weight excluding hydrogens is 584 g/mol. The van der Waals surface area contributed by atoms with Gasteiger partial charge in [-0.3, -0.25) is 9.11 Å². The van der Waals surface area contributed by atoms with E-state index in [1.807, 2.05) is 0 Å². The van der Waals surface area contributed by atoms with Crippen molar-refractivity contribution in [3.05, 3.63) is 71.5 Å². The van der Waals surface area contributed by atoms with Gasteiger partial charge in [0.2, 0.25) is 11.5 Å². The lowest BCUT2D eigenvalue weighted by Crippen LogP contribution is -2.36. The molecule has 0 radical (unpaired) electrons. The fourth-order valence-electron chi connectivity index (χ4n) is 4.20. The summed E-state index contributed by atoms with van der Waals surface area (Å²) in [7, 11) is -8.46. The molecule has 0 unspecified atom stereocenters. The number of aromatic nitrogens is 1. The molecule has 218 valence electrons. The van der Waals surface area contributed by atoms with Crippen molar-refractivity contribution in [1.29, 1.82) is 0 Å². The molecule has 0 fully saturated rings. The number of oxazole rings is 1. The number of carboxylic acid groups (broad SMARTS) is 2. The number of benzene rings is 2. The largest absolute Gasteiger partial charge is 0.478 e. The van der Waals surface area contributed by atoms with Crippen molar-refractivity contribution in [3.8, 4) is 5.75 Å². The summed E-state index contributed by atoms with van der Waals surface area (Å²) >= 11 is 0. The number of aryl methyl sites for hydroxylation is 1. The molecule has 0 bridgehead atoms. The first kappa shape index (κ1) is 29.7. The Labute approximate surface area is 233 Å². The molecule has 4 rings (SSSR count). The first-order valence-electron chi connectivity index (χ1n) is 12.0. The van der Waals surface area contributed by atoms with E-state index >= 15 is 0 Å². The molecule has 1 aliphatic rings. The molecule has 3 aromatic rings. The molecule has 1 aliphatic heterocycles. The van der Waals surface area contributed by atoms with Gasteiger partial charge in [-0.25, -0.2) is 9.59 Å². The Morgan fingerprint density at radius 2 is 1.54 bits per heavy atom. The van der Waals surface area contributed by atoms with Gasteiger partial charge in [0, 0.05) is 19.0 Å². The van der Waals surface area contributed by atoms with Gasteiger partial charge in [-0.1, -0.05) is 0 Å². The second-order valence-electron chi connectivity index (χ2n) is 8.96. The van der Waals surface area contributed by atoms with E-state index in [1.165, 1.54) is 54.6 Å². The molecule has 0 saturated heterocycles. The number of ether oxygens (including phenoxy) is 1. The minimum absolute atomic E-state index is 0.00321. The molecule has 0 amide bonds. The van der Waals surface area contributed by atoms with E-state index in [0.29, 0.717) is 22.5 Å². The summed E-state index contributed by atoms with van der Waals surface area (Å²) in [5.41, 5.74) is 1.05. The molecule has 16 heteroatoms. The average Bonchev–Trinajstić information content (AvgIpc) is 3.39. The fourth-order valence-corrected chi connectivity index (χ4v) is 5.19. The number of anilines is 1. The predicted molar refractivity (Wildman–Crippen MR) is 144 cm³/mol. The Hall–Kier alpha value is -4.25. The van der Waals surface area contributed by atoms with Gasteiger partial charge < -0.3 is 24.3 Å². The van der Waals surface area contributed by atoms with Crippen molar-refractivity contribution in [2.75, 3.05) is 23.0 Å². The molecule has 1 aromatic heterocycles. The molecule has 2 aromatic carbocycles. The van der Waals surface area contributed by atoms with Gasteiger partial charge in [0.1, 0.15) is 0 Å². The maximum atomic E-state index is 11.5. The zero-order chi connectivity index (χ0) is 29.9. The molecule has 41 heavy (non-hydrogen) atoms. The standard InChI is InChI=1S/C25H24N2O12S2/c28-24(29)16-6-8-20-18(14-16)26(10-2-12-40(32,33)34)22(38-20)4-1-5-23-27(11-3-13-41(35,36)37)19-15-17(25(30)31)7-9-21(19)39-23/h1,4-9,14-15H,2-3,10-13H2,(H3-,28,29,30,31,32,33,34,35,36,37)/p+1. The number of carboxylic acids is 2. The first-order chi connectivity index (χ1) is 19.2. The van der Waals surface area contributed by atoms with Gasteiger partial charge in [0.15, 0.2) is 12.3 Å². The maximum Gasteiger partial charge on any atom is 0.374 e. The second-order valence-corrected chi connectivity index (χ2v) is 12.1. The van der Waals surface area contributed by atoms with E-state index in [1.54, 1.807) is 9.47 Å². The van der Waals surface area contributed by atoms with Crippen molar-refractivity contribution >= 4 is 55.0 Å². The zero-order valence-corrected chi connectivity index (χ0v) is 22.8. The van der Waals surface area contributed by atoms with Crippen LogP contribution in [0.1, 0.15) is 39.4 Å². The summed E-state index contributed by atoms with van der Waals surface area (Å²) in [5.74, 6) is -2.63. The maximum absolute atomic E-state index is 11.5. The third kappa shape index (κ3) is 7.49. The van der Waals surface area contributed by atoms with Crippen LogP contribution in [-0.4, -0.2) is 66.1 Å². The summed E-state index contributed by atoms with van der Waals surface area (Å²) in [6.45, 7) is 0.127. The number of hydrogen-bond acceptors (Lipinski definition) is 9. The summed E-state index contributed by atoms with van der Waals surface area (Å²) in [6, 6.07) is 8.37. The Kier molecular flexibility index (Phi) is 8.48. The monoisotopic (exact) mass is 609 g/mol. The summed E-state index contributed by atoms with van der Waals surface area (Å²) < 4.78 is 76.3. The molecule has 0 atom stereocenters. The van der Waals surface area contributed by atoms with Crippen molar-refractivity contribution in [3.63, 3.8) is 0 Å². The van der Waals surface area contributed by atoms with E-state index in [0.717, 1.165) is 0 Å². The highest BCUT2D eigenvalue weighted by Gasteiger charge is 2.28. The number of hydrogen-bond donors (Lipinski definition) is 4. The quantitative estimate of drug-likeness (QED) is 0.172. The molecule has 2 heterocycles. The van der Waals surface area contributed by atoms with Gasteiger partial charge >= 0.3 is 17.8 Å². The number of fused-ring (bicyclic) bond motifs is 2. The van der Waals surface area contributed by atoms with Gasteiger partial charge in [-0.05, 0) is 48.9 Å². The molecular formula is C25H25N2O12S2+. The van der Waals surface area contributed by atoms with E-state index < -0.39 is 43.7 Å². The Morgan fingerprint density at radius 1 is 0.902 bits per heavy atom. The van der Waals surface area contributed by atoms with Crippen LogP contribution in [0.4, 0.5) is 5.69 Å². The zero-order valence-electron chi connectivity index (χ0n) is 21.2. The summed E-state index contributed by atoms with van der Waals surface area (Å²) in [4.78, 5) is 24.5. The van der Waals surface area contributed by atoms with E-state index in [-0.39, 0.29) is 48.8 Å². The fraction of sp³-hybridized carbons (Fsp3) is 0.240. The molecule has 0 spiro atoms. The van der Waals surface area contributed by atoms with Crippen LogP contribution in [0, 0.1) is 0 Å².